The second-order valence-electron chi connectivity index (χ2n) is 8.32. The summed E-state index contributed by atoms with van der Waals surface area (Å²) in [4.78, 5) is 16.3. The van der Waals surface area contributed by atoms with Crippen LogP contribution in [0.4, 0.5) is 0 Å². The van der Waals surface area contributed by atoms with Crippen LogP contribution >= 0.6 is 0 Å². The smallest absolute Gasteiger partial charge is 0.357 e. The van der Waals surface area contributed by atoms with E-state index in [4.69, 9.17) is 20.8 Å². The average Bonchev–Trinajstić information content (AvgIpc) is 2.91. The predicted molar refractivity (Wildman–Crippen MR) is 135 cm³/mol. The van der Waals surface area contributed by atoms with E-state index in [2.05, 4.69) is 29.1 Å². The maximum absolute atomic E-state index is 13.0. The predicted octanol–water partition coefficient (Wildman–Crippen LogP) is 6.54. The van der Waals surface area contributed by atoms with Crippen molar-refractivity contribution < 1.29 is 19.0 Å². The van der Waals surface area contributed by atoms with E-state index in [-0.39, 0.29) is 12.3 Å². The van der Waals surface area contributed by atoms with Gasteiger partial charge in [-0.2, -0.15) is 0 Å². The van der Waals surface area contributed by atoms with E-state index in [9.17, 15) is 4.79 Å². The highest BCUT2D eigenvalue weighted by Gasteiger charge is 2.40. The lowest BCUT2D eigenvalue weighted by atomic mass is 9.82. The molecule has 0 spiro atoms. The Balaban J connectivity index is 1.83. The fourth-order valence-corrected chi connectivity index (χ4v) is 4.57. The van der Waals surface area contributed by atoms with Crippen molar-refractivity contribution in [3.63, 3.8) is 0 Å². The Bertz CT molecular complexity index is 1480. The van der Waals surface area contributed by atoms with Gasteiger partial charge >= 0.3 is 12.7 Å². The molecule has 1 unspecified atom stereocenters. The Morgan fingerprint density at radius 3 is 2.29 bits per heavy atom. The molecule has 0 aliphatic carbocycles. The molecule has 0 bridgehead atoms. The number of ether oxygens (including phenoxy) is 3. The van der Waals surface area contributed by atoms with Gasteiger partial charge in [0.1, 0.15) is 11.3 Å². The molecule has 0 saturated carbocycles. The van der Waals surface area contributed by atoms with Gasteiger partial charge in [-0.15, -0.1) is 0 Å². The third-order valence-corrected chi connectivity index (χ3v) is 6.25. The quantitative estimate of drug-likeness (QED) is 0.250. The van der Waals surface area contributed by atoms with E-state index in [1.54, 1.807) is 0 Å². The summed E-state index contributed by atoms with van der Waals surface area (Å²) in [6, 6.07) is 25.8. The molecule has 172 valence electrons. The molecule has 0 amide bonds. The van der Waals surface area contributed by atoms with Gasteiger partial charge in [0, 0.05) is 27.5 Å². The molecule has 1 atom stereocenters. The van der Waals surface area contributed by atoms with Gasteiger partial charge in [0.2, 0.25) is 0 Å². The molecule has 5 heteroatoms. The number of hydrogen-bond acceptors (Lipinski definition) is 4. The van der Waals surface area contributed by atoms with Gasteiger partial charge in [-0.05, 0) is 19.1 Å². The number of benzene rings is 4. The Hall–Kier alpha value is -4.56. The number of methoxy groups -OCH3 is 1. The van der Waals surface area contributed by atoms with Crippen molar-refractivity contribution in [3.8, 4) is 11.5 Å². The summed E-state index contributed by atoms with van der Waals surface area (Å²) in [5, 5.41) is 1.46. The number of fused-ring (bicyclic) bond motifs is 3. The summed E-state index contributed by atoms with van der Waals surface area (Å²) in [5.41, 5.74) is 2.98. The van der Waals surface area contributed by atoms with Crippen LogP contribution in [0.15, 0.2) is 84.9 Å². The minimum absolute atomic E-state index is 0.214. The Morgan fingerprint density at radius 1 is 0.943 bits per heavy atom. The molecule has 1 heterocycles. The topological polar surface area (TPSA) is 49.1 Å². The van der Waals surface area contributed by atoms with Gasteiger partial charge in [0.15, 0.2) is 11.4 Å². The van der Waals surface area contributed by atoms with Crippen LogP contribution in [0.5, 0.6) is 11.5 Å². The maximum atomic E-state index is 13.0. The van der Waals surface area contributed by atoms with Gasteiger partial charge in [0.05, 0.1) is 7.11 Å². The Labute approximate surface area is 204 Å². The third kappa shape index (κ3) is 3.70. The number of carbonyl (C=O) groups is 1. The standard InChI is InChI=1S/C30H23NO4/c1-20-13-15-22(16-14-20)30(21-9-5-4-6-10-21)18-17-25-26(29(32)33-3)28(34-19-31-2)24-12-8-7-11-23(24)27(25)35-30/h4-18H,19H2,1,3H3. The average molecular weight is 462 g/mol. The molecule has 1 aliphatic heterocycles. The maximum Gasteiger partial charge on any atom is 0.357 e. The second-order valence-corrected chi connectivity index (χ2v) is 8.32. The van der Waals surface area contributed by atoms with Crippen molar-refractivity contribution in [1.82, 2.24) is 0 Å². The van der Waals surface area contributed by atoms with Crippen molar-refractivity contribution in [2.45, 2.75) is 12.5 Å². The molecule has 4 aromatic rings. The molecule has 0 aromatic heterocycles. The number of esters is 1. The van der Waals surface area contributed by atoms with Crippen LogP contribution in [-0.4, -0.2) is 19.8 Å². The molecule has 5 nitrogen and oxygen atoms in total. The molecule has 4 aromatic carbocycles. The Kier molecular flexibility index (Phi) is 5.72. The van der Waals surface area contributed by atoms with Crippen LogP contribution in [0.3, 0.4) is 0 Å². The first-order valence-corrected chi connectivity index (χ1v) is 11.2. The molecule has 5 rings (SSSR count). The van der Waals surface area contributed by atoms with Crippen LogP contribution in [0.1, 0.15) is 32.6 Å². The van der Waals surface area contributed by atoms with Crippen LogP contribution in [-0.2, 0) is 10.3 Å². The number of aryl methyl sites for hydroxylation is 1. The minimum Gasteiger partial charge on any atom is -0.472 e. The SMILES string of the molecule is [C-]#[N+]COc1c(C(=O)OC)c2c(c3ccccc13)OC(c1ccccc1)(c1ccc(C)cc1)C=C2. The normalized spacial score (nSPS) is 16.1. The molecule has 35 heavy (non-hydrogen) atoms. The number of rotatable bonds is 5. The summed E-state index contributed by atoms with van der Waals surface area (Å²) in [6.45, 7) is 9.01. The van der Waals surface area contributed by atoms with Crippen molar-refractivity contribution in [3.05, 3.63) is 124 Å². The van der Waals surface area contributed by atoms with Crippen LogP contribution < -0.4 is 9.47 Å². The summed E-state index contributed by atoms with van der Waals surface area (Å²) >= 11 is 0. The fraction of sp³-hybridized carbons (Fsp3) is 0.133. The van der Waals surface area contributed by atoms with E-state index in [0.29, 0.717) is 22.4 Å². The van der Waals surface area contributed by atoms with E-state index >= 15 is 0 Å². The van der Waals surface area contributed by atoms with Crippen LogP contribution in [0, 0.1) is 13.5 Å². The van der Waals surface area contributed by atoms with Crippen molar-refractivity contribution in [1.29, 1.82) is 0 Å². The van der Waals surface area contributed by atoms with Crippen LogP contribution in [0.25, 0.3) is 21.7 Å². The van der Waals surface area contributed by atoms with Crippen molar-refractivity contribution in [2.24, 2.45) is 0 Å². The van der Waals surface area contributed by atoms with Crippen molar-refractivity contribution >= 4 is 22.8 Å². The van der Waals surface area contributed by atoms with E-state index in [1.807, 2.05) is 73.7 Å². The third-order valence-electron chi connectivity index (χ3n) is 6.25. The zero-order valence-corrected chi connectivity index (χ0v) is 19.4. The zero-order chi connectivity index (χ0) is 24.4. The largest absolute Gasteiger partial charge is 0.472 e. The molecular weight excluding hydrogens is 438 g/mol. The highest BCUT2D eigenvalue weighted by Crippen LogP contribution is 2.49. The monoisotopic (exact) mass is 461 g/mol. The first kappa shape index (κ1) is 22.2. The number of nitrogens with zero attached hydrogens (tertiary/aromatic N) is 1. The summed E-state index contributed by atoms with van der Waals surface area (Å²) < 4.78 is 17.8. The number of hydrogen-bond donors (Lipinski definition) is 0. The minimum atomic E-state index is -0.906. The zero-order valence-electron chi connectivity index (χ0n) is 19.4. The van der Waals surface area contributed by atoms with Gasteiger partial charge in [0.25, 0.3) is 0 Å². The van der Waals surface area contributed by atoms with E-state index in [1.165, 1.54) is 7.11 Å². The van der Waals surface area contributed by atoms with Gasteiger partial charge < -0.3 is 14.2 Å². The lowest BCUT2D eigenvalue weighted by Gasteiger charge is -2.37. The van der Waals surface area contributed by atoms with Crippen molar-refractivity contribution in [2.75, 3.05) is 13.8 Å². The first-order chi connectivity index (χ1) is 17.1. The van der Waals surface area contributed by atoms with Gasteiger partial charge in [-0.3, -0.25) is 4.85 Å². The highest BCUT2D eigenvalue weighted by molar-refractivity contribution is 6.08. The molecule has 1 aliphatic rings. The van der Waals surface area contributed by atoms with Gasteiger partial charge in [-0.1, -0.05) is 84.4 Å². The molecule has 0 radical (unpaired) electrons. The Morgan fingerprint density at radius 2 is 1.60 bits per heavy atom. The lowest BCUT2D eigenvalue weighted by Crippen LogP contribution is -2.34. The molecule has 0 N–H and O–H groups in total. The lowest BCUT2D eigenvalue weighted by molar-refractivity contribution is 0.0595. The summed E-state index contributed by atoms with van der Waals surface area (Å²) in [7, 11) is 1.33. The van der Waals surface area contributed by atoms with E-state index < -0.39 is 11.6 Å². The number of carbonyl (C=O) groups excluding carboxylic acids is 1. The summed E-state index contributed by atoms with van der Waals surface area (Å²) in [5.74, 6) is 0.323. The molecular formula is C30H23NO4. The van der Waals surface area contributed by atoms with Crippen LogP contribution in [0.2, 0.25) is 0 Å². The highest BCUT2D eigenvalue weighted by atomic mass is 16.5. The molecule has 0 fully saturated rings. The fourth-order valence-electron chi connectivity index (χ4n) is 4.57. The summed E-state index contributed by atoms with van der Waals surface area (Å²) in [6.07, 6.45) is 3.87. The van der Waals surface area contributed by atoms with E-state index in [0.717, 1.165) is 22.1 Å². The molecule has 0 saturated heterocycles. The first-order valence-electron chi connectivity index (χ1n) is 11.2. The second kappa shape index (κ2) is 9.00. The van der Waals surface area contributed by atoms with Gasteiger partial charge in [-0.25, -0.2) is 11.4 Å².